The van der Waals surface area contributed by atoms with Gasteiger partial charge in [-0.15, -0.1) is 24.0 Å². The van der Waals surface area contributed by atoms with Crippen molar-refractivity contribution in [2.45, 2.75) is 57.7 Å². The summed E-state index contributed by atoms with van der Waals surface area (Å²) in [7, 11) is 3.52. The lowest BCUT2D eigenvalue weighted by Crippen LogP contribution is -2.45. The third kappa shape index (κ3) is 6.45. The van der Waals surface area contributed by atoms with E-state index < -0.39 is 0 Å². The van der Waals surface area contributed by atoms with Gasteiger partial charge in [0.05, 0.1) is 0 Å². The minimum atomic E-state index is 0. The van der Waals surface area contributed by atoms with Gasteiger partial charge in [0.1, 0.15) is 6.54 Å². The van der Waals surface area contributed by atoms with Crippen LogP contribution in [0.2, 0.25) is 0 Å². The lowest BCUT2D eigenvalue weighted by atomic mass is 10.2. The standard InChI is InChI=1S/C16H31N5O.HI/c1-5-8-17-16(18-10-15(22)20(3)4)19-13-9-12(2)21(11-13)14-6-7-14;/h12-14H,5-11H2,1-4H3,(H2,17,18,19);1H. The van der Waals surface area contributed by atoms with Crippen LogP contribution in [0.25, 0.3) is 0 Å². The molecule has 0 aromatic rings. The van der Waals surface area contributed by atoms with Crippen LogP contribution in [-0.2, 0) is 4.79 Å². The smallest absolute Gasteiger partial charge is 0.243 e. The van der Waals surface area contributed by atoms with Gasteiger partial charge in [-0.25, -0.2) is 4.99 Å². The Hall–Kier alpha value is -0.570. The van der Waals surface area contributed by atoms with E-state index in [1.54, 1.807) is 19.0 Å². The number of hydrogen-bond acceptors (Lipinski definition) is 3. The second-order valence-electron chi connectivity index (χ2n) is 6.73. The monoisotopic (exact) mass is 437 g/mol. The Kier molecular flexibility index (Phi) is 8.60. The van der Waals surface area contributed by atoms with Gasteiger partial charge in [-0.05, 0) is 32.6 Å². The Balaban J connectivity index is 0.00000264. The number of rotatable bonds is 6. The third-order valence-corrected chi connectivity index (χ3v) is 4.39. The number of nitrogens with zero attached hydrogens (tertiary/aromatic N) is 3. The first kappa shape index (κ1) is 20.5. The maximum Gasteiger partial charge on any atom is 0.243 e. The number of carbonyl (C=O) groups is 1. The lowest BCUT2D eigenvalue weighted by molar-refractivity contribution is -0.127. The maximum atomic E-state index is 11.7. The quantitative estimate of drug-likeness (QED) is 0.373. The highest BCUT2D eigenvalue weighted by molar-refractivity contribution is 14.0. The molecule has 2 unspecified atom stereocenters. The van der Waals surface area contributed by atoms with Gasteiger partial charge in [0, 0.05) is 45.3 Å². The summed E-state index contributed by atoms with van der Waals surface area (Å²) in [6.45, 7) is 6.59. The molecule has 134 valence electrons. The SMILES string of the molecule is CCCNC(=NCC(=O)N(C)C)NC1CC(C)N(C2CC2)C1.I. The molecule has 2 N–H and O–H groups in total. The Morgan fingerprint density at radius 3 is 2.61 bits per heavy atom. The van der Waals surface area contributed by atoms with Gasteiger partial charge < -0.3 is 15.5 Å². The van der Waals surface area contributed by atoms with Crippen LogP contribution in [-0.4, -0.2) is 73.5 Å². The Morgan fingerprint density at radius 2 is 2.04 bits per heavy atom. The van der Waals surface area contributed by atoms with Gasteiger partial charge >= 0.3 is 0 Å². The van der Waals surface area contributed by atoms with Gasteiger partial charge in [-0.3, -0.25) is 9.69 Å². The largest absolute Gasteiger partial charge is 0.356 e. The number of halogens is 1. The summed E-state index contributed by atoms with van der Waals surface area (Å²) >= 11 is 0. The van der Waals surface area contributed by atoms with Crippen LogP contribution in [0.4, 0.5) is 0 Å². The maximum absolute atomic E-state index is 11.7. The van der Waals surface area contributed by atoms with E-state index in [9.17, 15) is 4.79 Å². The fourth-order valence-corrected chi connectivity index (χ4v) is 2.95. The van der Waals surface area contributed by atoms with Crippen molar-refractivity contribution in [3.8, 4) is 0 Å². The zero-order valence-electron chi connectivity index (χ0n) is 14.8. The molecule has 0 aromatic carbocycles. The molecule has 7 heteroatoms. The number of likely N-dealkylation sites (tertiary alicyclic amines) is 1. The summed E-state index contributed by atoms with van der Waals surface area (Å²) in [6.07, 6.45) is 4.88. The van der Waals surface area contributed by atoms with Crippen LogP contribution in [0.15, 0.2) is 4.99 Å². The van der Waals surface area contributed by atoms with Gasteiger partial charge in [-0.1, -0.05) is 6.92 Å². The highest BCUT2D eigenvalue weighted by Crippen LogP contribution is 2.33. The molecule has 6 nitrogen and oxygen atoms in total. The molecule has 2 atom stereocenters. The summed E-state index contributed by atoms with van der Waals surface area (Å²) in [5.41, 5.74) is 0. The van der Waals surface area contributed by atoms with Crippen LogP contribution in [0.1, 0.15) is 39.5 Å². The molecule has 2 rings (SSSR count). The average molecular weight is 437 g/mol. The molecule has 1 aliphatic heterocycles. The second kappa shape index (κ2) is 9.66. The number of aliphatic imine (C=N–C) groups is 1. The van der Waals surface area contributed by atoms with E-state index in [2.05, 4.69) is 34.4 Å². The van der Waals surface area contributed by atoms with E-state index in [-0.39, 0.29) is 36.4 Å². The first-order valence-corrected chi connectivity index (χ1v) is 8.52. The molecular formula is C16H32IN5O. The van der Waals surface area contributed by atoms with Crippen molar-refractivity contribution >= 4 is 35.8 Å². The van der Waals surface area contributed by atoms with E-state index in [1.165, 1.54) is 12.8 Å². The van der Waals surface area contributed by atoms with Crippen LogP contribution >= 0.6 is 24.0 Å². The van der Waals surface area contributed by atoms with Gasteiger partial charge in [0.25, 0.3) is 0 Å². The summed E-state index contributed by atoms with van der Waals surface area (Å²) in [5.74, 6) is 0.795. The summed E-state index contributed by atoms with van der Waals surface area (Å²) in [6, 6.07) is 1.87. The molecule has 0 bridgehead atoms. The van der Waals surface area contributed by atoms with Crippen molar-refractivity contribution in [2.24, 2.45) is 4.99 Å². The molecule has 1 saturated heterocycles. The van der Waals surface area contributed by atoms with E-state index in [0.29, 0.717) is 12.1 Å². The molecule has 1 saturated carbocycles. The zero-order valence-corrected chi connectivity index (χ0v) is 17.2. The fourth-order valence-electron chi connectivity index (χ4n) is 2.95. The minimum absolute atomic E-state index is 0. The lowest BCUT2D eigenvalue weighted by Gasteiger charge is -2.20. The van der Waals surface area contributed by atoms with Crippen LogP contribution in [0, 0.1) is 0 Å². The predicted octanol–water partition coefficient (Wildman–Crippen LogP) is 1.26. The minimum Gasteiger partial charge on any atom is -0.356 e. The Morgan fingerprint density at radius 1 is 1.35 bits per heavy atom. The van der Waals surface area contributed by atoms with Crippen molar-refractivity contribution in [3.05, 3.63) is 0 Å². The first-order chi connectivity index (χ1) is 10.5. The summed E-state index contributed by atoms with van der Waals surface area (Å²) < 4.78 is 0. The number of carbonyl (C=O) groups excluding carboxylic acids is 1. The van der Waals surface area contributed by atoms with E-state index in [0.717, 1.165) is 37.9 Å². The topological polar surface area (TPSA) is 60.0 Å². The van der Waals surface area contributed by atoms with Crippen molar-refractivity contribution < 1.29 is 4.79 Å². The zero-order chi connectivity index (χ0) is 16.1. The molecule has 0 spiro atoms. The Labute approximate surface area is 157 Å². The van der Waals surface area contributed by atoms with Crippen molar-refractivity contribution in [1.82, 2.24) is 20.4 Å². The number of guanidine groups is 1. The highest BCUT2D eigenvalue weighted by Gasteiger charge is 2.38. The van der Waals surface area contributed by atoms with Gasteiger partial charge in [0.2, 0.25) is 5.91 Å². The normalized spacial score (nSPS) is 25.0. The average Bonchev–Trinajstić information content (AvgIpc) is 3.25. The number of amides is 1. The number of likely N-dealkylation sites (N-methyl/N-ethyl adjacent to an activating group) is 1. The van der Waals surface area contributed by atoms with Gasteiger partial charge in [0.15, 0.2) is 5.96 Å². The third-order valence-electron chi connectivity index (χ3n) is 4.39. The second-order valence-corrected chi connectivity index (χ2v) is 6.73. The molecular weight excluding hydrogens is 405 g/mol. The molecule has 0 radical (unpaired) electrons. The molecule has 2 aliphatic rings. The van der Waals surface area contributed by atoms with Crippen LogP contribution in [0.3, 0.4) is 0 Å². The highest BCUT2D eigenvalue weighted by atomic mass is 127. The van der Waals surface area contributed by atoms with Gasteiger partial charge in [-0.2, -0.15) is 0 Å². The molecule has 1 aliphatic carbocycles. The van der Waals surface area contributed by atoms with E-state index >= 15 is 0 Å². The molecule has 1 heterocycles. The van der Waals surface area contributed by atoms with E-state index in [1.807, 2.05) is 0 Å². The molecule has 0 aromatic heterocycles. The fraction of sp³-hybridized carbons (Fsp3) is 0.875. The van der Waals surface area contributed by atoms with E-state index in [4.69, 9.17) is 0 Å². The van der Waals surface area contributed by atoms with Crippen molar-refractivity contribution in [1.29, 1.82) is 0 Å². The molecule has 2 fully saturated rings. The van der Waals surface area contributed by atoms with Crippen molar-refractivity contribution in [2.75, 3.05) is 33.7 Å². The van der Waals surface area contributed by atoms with Crippen molar-refractivity contribution in [3.63, 3.8) is 0 Å². The summed E-state index contributed by atoms with van der Waals surface area (Å²) in [5, 5.41) is 6.83. The number of nitrogens with one attached hydrogen (secondary N) is 2. The number of hydrogen-bond donors (Lipinski definition) is 2. The summed E-state index contributed by atoms with van der Waals surface area (Å²) in [4.78, 5) is 20.3. The Bertz CT molecular complexity index is 411. The predicted molar refractivity (Wildman–Crippen MR) is 105 cm³/mol. The van der Waals surface area contributed by atoms with Crippen LogP contribution in [0.5, 0.6) is 0 Å². The van der Waals surface area contributed by atoms with Crippen LogP contribution < -0.4 is 10.6 Å². The first-order valence-electron chi connectivity index (χ1n) is 8.52. The molecule has 23 heavy (non-hydrogen) atoms. The molecule has 1 amide bonds.